The molecule has 33 heavy (non-hydrogen) atoms. The van der Waals surface area contributed by atoms with E-state index in [2.05, 4.69) is 9.97 Å². The molecule has 1 atom stereocenters. The number of likely N-dealkylation sites (tertiary alicyclic amines) is 2. The van der Waals surface area contributed by atoms with Crippen molar-refractivity contribution in [3.63, 3.8) is 0 Å². The van der Waals surface area contributed by atoms with Crippen LogP contribution in [0.5, 0.6) is 5.75 Å². The van der Waals surface area contributed by atoms with Crippen LogP contribution in [0.15, 0.2) is 34.9 Å². The zero-order valence-electron chi connectivity index (χ0n) is 19.0. The number of fused-ring (bicyclic) bond motifs is 1. The number of furan rings is 1. The molecule has 0 saturated carbocycles. The molecule has 2 fully saturated rings. The number of piperidine rings is 1. The molecule has 1 unspecified atom stereocenters. The molecule has 8 heteroatoms. The summed E-state index contributed by atoms with van der Waals surface area (Å²) < 4.78 is 11.1. The highest BCUT2D eigenvalue weighted by Gasteiger charge is 2.30. The maximum absolute atomic E-state index is 13.2. The summed E-state index contributed by atoms with van der Waals surface area (Å²) in [6.07, 6.45) is 5.52. The molecule has 0 aliphatic carbocycles. The third kappa shape index (κ3) is 4.17. The topological polar surface area (TPSA) is 88.8 Å². The van der Waals surface area contributed by atoms with E-state index in [9.17, 15) is 9.59 Å². The number of hydrogen-bond donors (Lipinski definition) is 0. The van der Waals surface area contributed by atoms with Gasteiger partial charge in [-0.1, -0.05) is 0 Å². The fourth-order valence-electron chi connectivity index (χ4n) is 4.76. The highest BCUT2D eigenvalue weighted by molar-refractivity contribution is 5.96. The Hall–Kier alpha value is -3.42. The van der Waals surface area contributed by atoms with E-state index in [-0.39, 0.29) is 17.7 Å². The van der Waals surface area contributed by atoms with Crippen molar-refractivity contribution in [1.82, 2.24) is 19.8 Å². The first kappa shape index (κ1) is 21.4. The second kappa shape index (κ2) is 8.84. The van der Waals surface area contributed by atoms with Crippen LogP contribution in [0, 0.1) is 6.92 Å². The lowest BCUT2D eigenvalue weighted by molar-refractivity contribution is 0.0674. The monoisotopic (exact) mass is 448 g/mol. The van der Waals surface area contributed by atoms with Crippen LogP contribution in [-0.2, 0) is 0 Å². The van der Waals surface area contributed by atoms with E-state index >= 15 is 0 Å². The summed E-state index contributed by atoms with van der Waals surface area (Å²) >= 11 is 0. The third-order valence-electron chi connectivity index (χ3n) is 6.63. The Labute approximate surface area is 192 Å². The summed E-state index contributed by atoms with van der Waals surface area (Å²) in [5, 5.41) is 0.837. The molecule has 2 aromatic heterocycles. The number of carbonyl (C=O) groups excluding carboxylic acids is 2. The Morgan fingerprint density at radius 1 is 1.06 bits per heavy atom. The normalized spacial score (nSPS) is 18.7. The molecule has 0 spiro atoms. The Balaban J connectivity index is 1.31. The lowest BCUT2D eigenvalue weighted by atomic mass is 9.96. The molecule has 5 rings (SSSR count). The van der Waals surface area contributed by atoms with Crippen molar-refractivity contribution >= 4 is 22.8 Å². The summed E-state index contributed by atoms with van der Waals surface area (Å²) in [7, 11) is 1.61. The van der Waals surface area contributed by atoms with Gasteiger partial charge in [0.1, 0.15) is 17.2 Å². The Kier molecular flexibility index (Phi) is 5.74. The average Bonchev–Trinajstić information content (AvgIpc) is 3.53. The predicted molar refractivity (Wildman–Crippen MR) is 123 cm³/mol. The molecule has 2 aliphatic heterocycles. The number of hydrogen-bond acceptors (Lipinski definition) is 6. The number of nitrogens with zero attached hydrogens (tertiary/aromatic N) is 4. The van der Waals surface area contributed by atoms with Gasteiger partial charge in [0.2, 0.25) is 0 Å². The van der Waals surface area contributed by atoms with E-state index in [1.165, 1.54) is 0 Å². The first-order valence-electron chi connectivity index (χ1n) is 11.5. The Morgan fingerprint density at radius 2 is 1.85 bits per heavy atom. The van der Waals surface area contributed by atoms with E-state index in [0.29, 0.717) is 41.5 Å². The number of amides is 2. The standard InChI is InChI=1S/C25H28N4O4/c1-16-20(24(30)28-9-3-4-10-28)14-26-23(27-16)17-6-5-11-29(15-17)25(31)22-13-18-12-19(32-2)7-8-21(18)33-22/h7-8,12-14,17H,3-6,9-11,15H2,1-2H3. The zero-order chi connectivity index (χ0) is 22.9. The molecular formula is C25H28N4O4. The van der Waals surface area contributed by atoms with Crippen molar-refractivity contribution in [3.05, 3.63) is 53.3 Å². The van der Waals surface area contributed by atoms with E-state index < -0.39 is 0 Å². The van der Waals surface area contributed by atoms with Crippen LogP contribution in [0.2, 0.25) is 0 Å². The highest BCUT2D eigenvalue weighted by Crippen LogP contribution is 2.29. The summed E-state index contributed by atoms with van der Waals surface area (Å²) in [5.41, 5.74) is 1.93. The van der Waals surface area contributed by atoms with Gasteiger partial charge in [0.05, 0.1) is 18.4 Å². The summed E-state index contributed by atoms with van der Waals surface area (Å²) in [4.78, 5) is 38.8. The molecule has 8 nitrogen and oxygen atoms in total. The fraction of sp³-hybridized carbons (Fsp3) is 0.440. The van der Waals surface area contributed by atoms with Gasteiger partial charge in [-0.25, -0.2) is 9.97 Å². The first-order chi connectivity index (χ1) is 16.0. The molecule has 2 aliphatic rings. The molecule has 0 N–H and O–H groups in total. The number of carbonyl (C=O) groups is 2. The van der Waals surface area contributed by atoms with Crippen LogP contribution in [0.1, 0.15) is 64.0 Å². The zero-order valence-corrected chi connectivity index (χ0v) is 19.0. The van der Waals surface area contributed by atoms with Crippen LogP contribution in [-0.4, -0.2) is 64.9 Å². The van der Waals surface area contributed by atoms with Crippen molar-refractivity contribution in [2.75, 3.05) is 33.3 Å². The van der Waals surface area contributed by atoms with Crippen molar-refractivity contribution in [2.24, 2.45) is 0 Å². The molecule has 2 amide bonds. The van der Waals surface area contributed by atoms with Gasteiger partial charge >= 0.3 is 0 Å². The second-order valence-electron chi connectivity index (χ2n) is 8.83. The van der Waals surface area contributed by atoms with Crippen LogP contribution >= 0.6 is 0 Å². The summed E-state index contributed by atoms with van der Waals surface area (Å²) in [6.45, 7) is 4.66. The Bertz CT molecular complexity index is 1200. The van der Waals surface area contributed by atoms with Gasteiger partial charge in [-0.2, -0.15) is 0 Å². The van der Waals surface area contributed by atoms with E-state index in [4.69, 9.17) is 9.15 Å². The molecule has 2 saturated heterocycles. The van der Waals surface area contributed by atoms with Crippen molar-refractivity contribution < 1.29 is 18.7 Å². The van der Waals surface area contributed by atoms with Gasteiger partial charge in [0.15, 0.2) is 5.76 Å². The number of methoxy groups -OCH3 is 1. The van der Waals surface area contributed by atoms with E-state index in [0.717, 1.165) is 49.9 Å². The smallest absolute Gasteiger partial charge is 0.289 e. The number of rotatable bonds is 4. The lowest BCUT2D eigenvalue weighted by Gasteiger charge is -2.31. The van der Waals surface area contributed by atoms with E-state index in [1.54, 1.807) is 19.4 Å². The molecule has 0 bridgehead atoms. The first-order valence-corrected chi connectivity index (χ1v) is 11.5. The molecule has 4 heterocycles. The SMILES string of the molecule is COc1ccc2oc(C(=O)N3CCCC(c4ncc(C(=O)N5CCCC5)c(C)n4)C3)cc2c1. The van der Waals surface area contributed by atoms with Gasteiger partial charge in [0, 0.05) is 43.7 Å². The largest absolute Gasteiger partial charge is 0.497 e. The van der Waals surface area contributed by atoms with Crippen LogP contribution < -0.4 is 4.74 Å². The third-order valence-corrected chi connectivity index (χ3v) is 6.63. The Morgan fingerprint density at radius 3 is 2.61 bits per heavy atom. The van der Waals surface area contributed by atoms with Gasteiger partial charge in [-0.05, 0) is 56.9 Å². The summed E-state index contributed by atoms with van der Waals surface area (Å²) in [5.74, 6) is 1.65. The molecule has 3 aromatic rings. The molecular weight excluding hydrogens is 420 g/mol. The number of ether oxygens (including phenoxy) is 1. The summed E-state index contributed by atoms with van der Waals surface area (Å²) in [6, 6.07) is 7.25. The van der Waals surface area contributed by atoms with Gasteiger partial charge in [-0.3, -0.25) is 9.59 Å². The van der Waals surface area contributed by atoms with Crippen LogP contribution in [0.3, 0.4) is 0 Å². The fourth-order valence-corrected chi connectivity index (χ4v) is 4.76. The minimum absolute atomic E-state index is 0.0125. The minimum atomic E-state index is -0.132. The minimum Gasteiger partial charge on any atom is -0.497 e. The predicted octanol–water partition coefficient (Wildman–Crippen LogP) is 3.80. The molecule has 0 radical (unpaired) electrons. The van der Waals surface area contributed by atoms with Crippen molar-refractivity contribution in [3.8, 4) is 5.75 Å². The van der Waals surface area contributed by atoms with Gasteiger partial charge in [0.25, 0.3) is 11.8 Å². The number of aromatic nitrogens is 2. The van der Waals surface area contributed by atoms with Crippen LogP contribution in [0.25, 0.3) is 11.0 Å². The maximum atomic E-state index is 13.2. The van der Waals surface area contributed by atoms with Crippen molar-refractivity contribution in [2.45, 2.75) is 38.5 Å². The lowest BCUT2D eigenvalue weighted by Crippen LogP contribution is -2.39. The number of benzene rings is 1. The van der Waals surface area contributed by atoms with Gasteiger partial charge < -0.3 is 19.0 Å². The van der Waals surface area contributed by atoms with Gasteiger partial charge in [-0.15, -0.1) is 0 Å². The highest BCUT2D eigenvalue weighted by atomic mass is 16.5. The quantitative estimate of drug-likeness (QED) is 0.603. The maximum Gasteiger partial charge on any atom is 0.289 e. The van der Waals surface area contributed by atoms with Crippen LogP contribution in [0.4, 0.5) is 0 Å². The average molecular weight is 449 g/mol. The number of aryl methyl sites for hydroxylation is 1. The van der Waals surface area contributed by atoms with Crippen molar-refractivity contribution in [1.29, 1.82) is 0 Å². The molecule has 1 aromatic carbocycles. The van der Waals surface area contributed by atoms with E-state index in [1.807, 2.05) is 34.9 Å². The second-order valence-corrected chi connectivity index (χ2v) is 8.83. The molecule has 172 valence electrons.